The van der Waals surface area contributed by atoms with Gasteiger partial charge in [0.1, 0.15) is 0 Å². The van der Waals surface area contributed by atoms with Crippen molar-refractivity contribution in [2.24, 2.45) is 0 Å². The normalized spacial score (nSPS) is 15.3. The first-order chi connectivity index (χ1) is 11.2. The summed E-state index contributed by atoms with van der Waals surface area (Å²) in [5.41, 5.74) is 1.41. The van der Waals surface area contributed by atoms with E-state index in [0.29, 0.717) is 12.2 Å². The third-order valence-corrected chi connectivity index (χ3v) is 4.27. The van der Waals surface area contributed by atoms with Gasteiger partial charge in [0, 0.05) is 12.1 Å². The summed E-state index contributed by atoms with van der Waals surface area (Å²) in [5.74, 6) is -1.25. The summed E-state index contributed by atoms with van der Waals surface area (Å²) in [6.45, 7) is 5.26. The number of unbranched alkanes of at least 4 members (excludes halogenated alkanes) is 2. The van der Waals surface area contributed by atoms with Crippen molar-refractivity contribution in [3.8, 4) is 0 Å². The van der Waals surface area contributed by atoms with E-state index in [0.717, 1.165) is 44.5 Å². The van der Waals surface area contributed by atoms with E-state index in [1.165, 1.54) is 19.3 Å². The number of esters is 1. The molecule has 0 aliphatic carbocycles. The summed E-state index contributed by atoms with van der Waals surface area (Å²) < 4.78 is 5.10. The molecule has 0 atom stereocenters. The molecular formula is C19H27NO3. The number of hydrogen-bond acceptors (Lipinski definition) is 4. The number of likely N-dealkylation sites (tertiary alicyclic amines) is 1. The highest BCUT2D eigenvalue weighted by Gasteiger charge is 2.22. The predicted octanol–water partition coefficient (Wildman–Crippen LogP) is 3.59. The number of ketones is 1. The molecule has 0 radical (unpaired) electrons. The molecule has 126 valence electrons. The van der Waals surface area contributed by atoms with Crippen LogP contribution in [0.3, 0.4) is 0 Å². The minimum atomic E-state index is -0.729. The molecular weight excluding hydrogens is 290 g/mol. The Labute approximate surface area is 138 Å². The van der Waals surface area contributed by atoms with Crippen LogP contribution in [0.25, 0.3) is 0 Å². The third-order valence-electron chi connectivity index (χ3n) is 4.27. The van der Waals surface area contributed by atoms with Crippen molar-refractivity contribution < 1.29 is 14.3 Å². The molecule has 4 heteroatoms. The molecule has 0 aromatic heterocycles. The van der Waals surface area contributed by atoms with Crippen LogP contribution in [0.4, 0.5) is 0 Å². The quantitative estimate of drug-likeness (QED) is 0.318. The Morgan fingerprint density at radius 3 is 2.57 bits per heavy atom. The lowest BCUT2D eigenvalue weighted by molar-refractivity contribution is -0.138. The van der Waals surface area contributed by atoms with E-state index in [9.17, 15) is 9.59 Å². The highest BCUT2D eigenvalue weighted by molar-refractivity contribution is 6.41. The average Bonchev–Trinajstić information content (AvgIpc) is 2.59. The maximum atomic E-state index is 12.4. The standard InChI is InChI=1S/C19H27NO3/c1-2-3-9-14-23-19(22)18(21)17-11-6-5-10-16(17)15-20-12-7-4-8-13-20/h5-6,10-11H,2-4,7-9,12-15H2,1H3. The second-order valence-corrected chi connectivity index (χ2v) is 6.17. The van der Waals surface area contributed by atoms with Crippen molar-refractivity contribution in [3.05, 3.63) is 35.4 Å². The van der Waals surface area contributed by atoms with E-state index >= 15 is 0 Å². The van der Waals surface area contributed by atoms with Crippen molar-refractivity contribution in [1.29, 1.82) is 0 Å². The fourth-order valence-electron chi connectivity index (χ4n) is 2.93. The predicted molar refractivity (Wildman–Crippen MR) is 90.4 cm³/mol. The van der Waals surface area contributed by atoms with Gasteiger partial charge < -0.3 is 4.74 Å². The lowest BCUT2D eigenvalue weighted by Gasteiger charge is -2.27. The van der Waals surface area contributed by atoms with Crippen LogP contribution in [0.5, 0.6) is 0 Å². The minimum absolute atomic E-state index is 0.326. The van der Waals surface area contributed by atoms with Crippen molar-refractivity contribution in [3.63, 3.8) is 0 Å². The summed E-state index contributed by atoms with van der Waals surface area (Å²) >= 11 is 0. The molecule has 1 heterocycles. The Kier molecular flexibility index (Phi) is 7.27. The van der Waals surface area contributed by atoms with Crippen LogP contribution in [0.2, 0.25) is 0 Å². The molecule has 0 N–H and O–H groups in total. The Bertz CT molecular complexity index is 521. The molecule has 2 rings (SSSR count). The second kappa shape index (κ2) is 9.46. The van der Waals surface area contributed by atoms with Crippen LogP contribution in [0, 0.1) is 0 Å². The minimum Gasteiger partial charge on any atom is -0.460 e. The number of Topliss-reactive ketones (excluding diaryl/α,β-unsaturated/α-hetero) is 1. The van der Waals surface area contributed by atoms with Gasteiger partial charge >= 0.3 is 5.97 Å². The van der Waals surface area contributed by atoms with Crippen LogP contribution in [0.1, 0.15) is 61.4 Å². The van der Waals surface area contributed by atoms with Gasteiger partial charge in [0.15, 0.2) is 0 Å². The lowest BCUT2D eigenvalue weighted by atomic mass is 10.0. The van der Waals surface area contributed by atoms with E-state index in [4.69, 9.17) is 4.74 Å². The van der Waals surface area contributed by atoms with Gasteiger partial charge in [-0.2, -0.15) is 0 Å². The Balaban J connectivity index is 1.97. The van der Waals surface area contributed by atoms with Crippen molar-refractivity contribution >= 4 is 11.8 Å². The molecule has 4 nitrogen and oxygen atoms in total. The number of hydrogen-bond donors (Lipinski definition) is 0. The summed E-state index contributed by atoms with van der Waals surface area (Å²) in [5, 5.41) is 0. The fraction of sp³-hybridized carbons (Fsp3) is 0.579. The number of carbonyl (C=O) groups is 2. The topological polar surface area (TPSA) is 46.6 Å². The maximum absolute atomic E-state index is 12.4. The molecule has 1 fully saturated rings. The molecule has 0 saturated carbocycles. The molecule has 1 aromatic carbocycles. The number of nitrogens with zero attached hydrogens (tertiary/aromatic N) is 1. The first-order valence-electron chi connectivity index (χ1n) is 8.74. The number of rotatable bonds is 8. The number of benzene rings is 1. The van der Waals surface area contributed by atoms with Gasteiger partial charge in [-0.15, -0.1) is 0 Å². The first kappa shape index (κ1) is 17.7. The lowest BCUT2D eigenvalue weighted by Crippen LogP contribution is -2.30. The summed E-state index contributed by atoms with van der Waals surface area (Å²) in [6, 6.07) is 7.39. The Morgan fingerprint density at radius 2 is 1.83 bits per heavy atom. The summed E-state index contributed by atoms with van der Waals surface area (Å²) in [4.78, 5) is 26.7. The largest absolute Gasteiger partial charge is 0.460 e. The van der Waals surface area contributed by atoms with Crippen molar-refractivity contribution in [1.82, 2.24) is 4.90 Å². The first-order valence-corrected chi connectivity index (χ1v) is 8.74. The van der Waals surface area contributed by atoms with Gasteiger partial charge in [0.05, 0.1) is 6.61 Å². The van der Waals surface area contributed by atoms with Gasteiger partial charge in [0.25, 0.3) is 5.78 Å². The average molecular weight is 317 g/mol. The van der Waals surface area contributed by atoms with E-state index in [2.05, 4.69) is 11.8 Å². The number of carbonyl (C=O) groups excluding carboxylic acids is 2. The molecule has 0 unspecified atom stereocenters. The molecule has 1 aromatic rings. The number of piperidine rings is 1. The van der Waals surface area contributed by atoms with E-state index in [-0.39, 0.29) is 0 Å². The molecule has 0 bridgehead atoms. The monoisotopic (exact) mass is 317 g/mol. The van der Waals surface area contributed by atoms with Gasteiger partial charge in [-0.25, -0.2) is 4.79 Å². The second-order valence-electron chi connectivity index (χ2n) is 6.17. The summed E-state index contributed by atoms with van der Waals surface area (Å²) in [7, 11) is 0. The van der Waals surface area contributed by atoms with Crippen molar-refractivity contribution in [2.45, 2.75) is 52.0 Å². The zero-order valence-electron chi connectivity index (χ0n) is 14.1. The van der Waals surface area contributed by atoms with Gasteiger partial charge in [-0.3, -0.25) is 9.69 Å². The van der Waals surface area contributed by atoms with Crippen LogP contribution in [0.15, 0.2) is 24.3 Å². The number of ether oxygens (including phenoxy) is 1. The Hall–Kier alpha value is -1.68. The van der Waals surface area contributed by atoms with Gasteiger partial charge in [-0.05, 0) is 37.9 Å². The van der Waals surface area contributed by atoms with E-state index < -0.39 is 11.8 Å². The van der Waals surface area contributed by atoms with E-state index in [1.807, 2.05) is 12.1 Å². The zero-order chi connectivity index (χ0) is 16.5. The molecule has 1 aliphatic heterocycles. The molecule has 0 amide bonds. The molecule has 1 saturated heterocycles. The third kappa shape index (κ3) is 5.47. The molecule has 1 aliphatic rings. The van der Waals surface area contributed by atoms with Gasteiger partial charge in [-0.1, -0.05) is 50.5 Å². The van der Waals surface area contributed by atoms with Crippen LogP contribution in [-0.4, -0.2) is 36.3 Å². The van der Waals surface area contributed by atoms with E-state index in [1.54, 1.807) is 12.1 Å². The SMILES string of the molecule is CCCCCOC(=O)C(=O)c1ccccc1CN1CCCCC1. The van der Waals surface area contributed by atoms with Crippen molar-refractivity contribution in [2.75, 3.05) is 19.7 Å². The van der Waals surface area contributed by atoms with Gasteiger partial charge in [0.2, 0.25) is 0 Å². The smallest absolute Gasteiger partial charge is 0.379 e. The Morgan fingerprint density at radius 1 is 1.09 bits per heavy atom. The fourth-order valence-corrected chi connectivity index (χ4v) is 2.93. The molecule has 23 heavy (non-hydrogen) atoms. The summed E-state index contributed by atoms with van der Waals surface area (Å²) in [6.07, 6.45) is 6.56. The highest BCUT2D eigenvalue weighted by Crippen LogP contribution is 2.17. The van der Waals surface area contributed by atoms with Crippen LogP contribution < -0.4 is 0 Å². The maximum Gasteiger partial charge on any atom is 0.379 e. The zero-order valence-corrected chi connectivity index (χ0v) is 14.1. The molecule has 0 spiro atoms. The van der Waals surface area contributed by atoms with Crippen LogP contribution >= 0.6 is 0 Å². The van der Waals surface area contributed by atoms with Crippen LogP contribution in [-0.2, 0) is 16.1 Å². The highest BCUT2D eigenvalue weighted by atomic mass is 16.5.